The molecule has 0 bridgehead atoms. The lowest BCUT2D eigenvalue weighted by Crippen LogP contribution is -2.50. The van der Waals surface area contributed by atoms with Gasteiger partial charge in [-0.2, -0.15) is 14.5 Å². The number of aliphatic hydroxyl groups is 1. The van der Waals surface area contributed by atoms with E-state index in [1.807, 2.05) is 0 Å². The summed E-state index contributed by atoms with van der Waals surface area (Å²) >= 11 is 12.4. The van der Waals surface area contributed by atoms with Gasteiger partial charge >= 0.3 is 5.69 Å². The zero-order valence-corrected chi connectivity index (χ0v) is 22.7. The van der Waals surface area contributed by atoms with Crippen LogP contribution in [0.15, 0.2) is 56.9 Å². The van der Waals surface area contributed by atoms with Crippen LogP contribution in [0.5, 0.6) is 5.75 Å². The van der Waals surface area contributed by atoms with Crippen LogP contribution in [0.4, 0.5) is 8.78 Å². The highest BCUT2D eigenvalue weighted by atomic mass is 35.5. The quantitative estimate of drug-likeness (QED) is 0.296. The second-order valence-electron chi connectivity index (χ2n) is 8.73. The molecule has 3 N–H and O–H groups in total. The first-order chi connectivity index (χ1) is 18.0. The number of nitrogens with zero attached hydrogens (tertiary/aromatic N) is 2. The maximum Gasteiger partial charge on any atom is 0.349 e. The van der Waals surface area contributed by atoms with Crippen molar-refractivity contribution in [2.24, 2.45) is 0 Å². The molecule has 2 atom stereocenters. The molecule has 18 heteroatoms. The first kappa shape index (κ1) is 29.1. The van der Waals surface area contributed by atoms with E-state index in [2.05, 4.69) is 9.82 Å². The third-order valence-electron chi connectivity index (χ3n) is 5.61. The second-order valence-corrected chi connectivity index (χ2v) is 13.4. The van der Waals surface area contributed by atoms with Crippen molar-refractivity contribution in [1.82, 2.24) is 19.5 Å². The normalized spacial score (nSPS) is 21.2. The summed E-state index contributed by atoms with van der Waals surface area (Å²) in [5, 5.41) is 13.7. The van der Waals surface area contributed by atoms with E-state index >= 15 is 0 Å². The third kappa shape index (κ3) is 5.85. The zero-order valence-electron chi connectivity index (χ0n) is 19.6. The number of H-pyrrole nitrogens is 1. The minimum atomic E-state index is -4.33. The molecule has 0 aliphatic heterocycles. The van der Waals surface area contributed by atoms with Gasteiger partial charge in [0.15, 0.2) is 11.4 Å². The highest BCUT2D eigenvalue weighted by Gasteiger charge is 2.73. The summed E-state index contributed by atoms with van der Waals surface area (Å²) < 4.78 is 84.5. The molecule has 3 aromatic rings. The van der Waals surface area contributed by atoms with E-state index in [9.17, 15) is 40.3 Å². The van der Waals surface area contributed by atoms with E-state index in [0.29, 0.717) is 4.68 Å². The van der Waals surface area contributed by atoms with Crippen LogP contribution in [0.25, 0.3) is 5.69 Å². The van der Waals surface area contributed by atoms with Gasteiger partial charge in [0.25, 0.3) is 12.0 Å². The fourth-order valence-electron chi connectivity index (χ4n) is 3.84. The van der Waals surface area contributed by atoms with Crippen molar-refractivity contribution in [3.05, 3.63) is 79.0 Å². The molecule has 2 unspecified atom stereocenters. The molecule has 0 radical (unpaired) electrons. The third-order valence-corrected chi connectivity index (χ3v) is 8.75. The van der Waals surface area contributed by atoms with Gasteiger partial charge in [-0.05, 0) is 24.3 Å². The maximum atomic E-state index is 13.1. The Labute approximate surface area is 229 Å². The van der Waals surface area contributed by atoms with Crippen molar-refractivity contribution in [2.75, 3.05) is 12.0 Å². The molecule has 1 aromatic heterocycles. The Hall–Kier alpha value is -2.89. The van der Waals surface area contributed by atoms with E-state index in [0.717, 1.165) is 18.4 Å². The zero-order chi connectivity index (χ0) is 29.0. The second kappa shape index (κ2) is 9.94. The predicted octanol–water partition coefficient (Wildman–Crippen LogP) is 1.40. The summed E-state index contributed by atoms with van der Waals surface area (Å²) in [5.41, 5.74) is -6.13. The predicted molar refractivity (Wildman–Crippen MR) is 135 cm³/mol. The average Bonchev–Trinajstić information content (AvgIpc) is 3.35. The largest absolute Gasteiger partial charge is 0.457 e. The van der Waals surface area contributed by atoms with Crippen molar-refractivity contribution >= 4 is 43.1 Å². The smallest absolute Gasteiger partial charge is 0.349 e. The lowest BCUT2D eigenvalue weighted by atomic mass is 10.3. The number of ether oxygens (including phenoxy) is 1. The molecule has 4 rings (SSSR count). The van der Waals surface area contributed by atoms with Gasteiger partial charge in [0.1, 0.15) is 15.4 Å². The van der Waals surface area contributed by atoms with Crippen LogP contribution in [0.3, 0.4) is 0 Å². The molecule has 1 saturated carbocycles. The van der Waals surface area contributed by atoms with Crippen molar-refractivity contribution in [2.45, 2.75) is 29.1 Å². The molecule has 210 valence electrons. The van der Waals surface area contributed by atoms with E-state index in [1.165, 1.54) is 24.3 Å². The summed E-state index contributed by atoms with van der Waals surface area (Å²) in [6.45, 7) is 0. The fourth-order valence-corrected chi connectivity index (χ4v) is 7.23. The minimum Gasteiger partial charge on any atom is -0.457 e. The topological polar surface area (TPSA) is 178 Å². The van der Waals surface area contributed by atoms with Gasteiger partial charge in [0.05, 0.1) is 26.4 Å². The molecule has 2 aromatic carbocycles. The van der Waals surface area contributed by atoms with E-state index in [-0.39, 0.29) is 10.6 Å². The SMILES string of the molecule is CS(=O)(=O)CC1(NS(=O)(=O)c2ccccc2)CC1(O)Oc1c(Cl)cc(-n2nc(C(F)F)c(=O)[nH]c2=O)cc1Cl. The first-order valence-electron chi connectivity index (χ1n) is 10.7. The number of sulfone groups is 1. The number of aromatic nitrogens is 3. The van der Waals surface area contributed by atoms with Gasteiger partial charge in [-0.1, -0.05) is 41.4 Å². The van der Waals surface area contributed by atoms with E-state index < -0.39 is 82.5 Å². The number of nitrogens with one attached hydrogen (secondary N) is 2. The summed E-state index contributed by atoms with van der Waals surface area (Å²) in [6, 6.07) is 8.96. The number of aromatic amines is 1. The summed E-state index contributed by atoms with van der Waals surface area (Å²) in [5.74, 6) is -3.74. The van der Waals surface area contributed by atoms with Crippen LogP contribution >= 0.6 is 23.2 Å². The van der Waals surface area contributed by atoms with Crippen LogP contribution < -0.4 is 20.7 Å². The van der Waals surface area contributed by atoms with Crippen molar-refractivity contribution in [1.29, 1.82) is 0 Å². The minimum absolute atomic E-state index is 0.199. The van der Waals surface area contributed by atoms with Gasteiger partial charge in [-0.25, -0.2) is 30.4 Å². The van der Waals surface area contributed by atoms with Gasteiger partial charge in [-0.15, -0.1) is 0 Å². The van der Waals surface area contributed by atoms with Gasteiger partial charge in [-0.3, -0.25) is 9.78 Å². The monoisotopic (exact) mass is 626 g/mol. The molecule has 1 fully saturated rings. The van der Waals surface area contributed by atoms with Crippen molar-refractivity contribution in [3.8, 4) is 11.4 Å². The molecule has 1 aliphatic carbocycles. The Bertz CT molecular complexity index is 1760. The molecular formula is C21H18Cl2F2N4O8S2. The Balaban J connectivity index is 1.71. The molecule has 0 saturated heterocycles. The van der Waals surface area contributed by atoms with Gasteiger partial charge in [0.2, 0.25) is 15.8 Å². The van der Waals surface area contributed by atoms with E-state index in [1.54, 1.807) is 11.1 Å². The van der Waals surface area contributed by atoms with Crippen LogP contribution in [0.1, 0.15) is 18.5 Å². The molecule has 0 amide bonds. The standard InChI is InChI=1S/C21H18Cl2F2N4O8S2/c1-38(33,34)10-20(28-39(35,36)12-5-3-2-4-6-12)9-21(20,32)37-16-13(22)7-11(8-14(16)23)29-19(31)26-18(30)15(27-29)17(24)25/h2-8,17,28,32H,9-10H2,1H3,(H,26,30,31). The average molecular weight is 627 g/mol. The summed E-state index contributed by atoms with van der Waals surface area (Å²) in [7, 11) is -8.22. The number of sulfonamides is 1. The molecule has 39 heavy (non-hydrogen) atoms. The summed E-state index contributed by atoms with van der Waals surface area (Å²) in [4.78, 5) is 25.2. The Morgan fingerprint density at radius 3 is 2.28 bits per heavy atom. The lowest BCUT2D eigenvalue weighted by Gasteiger charge is -2.24. The lowest BCUT2D eigenvalue weighted by molar-refractivity contribution is -0.0638. The van der Waals surface area contributed by atoms with Crippen molar-refractivity contribution in [3.63, 3.8) is 0 Å². The number of benzene rings is 2. The Morgan fingerprint density at radius 1 is 1.15 bits per heavy atom. The molecule has 1 aliphatic rings. The number of rotatable bonds is 9. The first-order valence-corrected chi connectivity index (χ1v) is 15.0. The molecule has 1 heterocycles. The van der Waals surface area contributed by atoms with Crippen LogP contribution in [-0.2, 0) is 19.9 Å². The van der Waals surface area contributed by atoms with Crippen LogP contribution in [0.2, 0.25) is 10.0 Å². The van der Waals surface area contributed by atoms with Gasteiger partial charge in [0, 0.05) is 12.7 Å². The maximum absolute atomic E-state index is 13.1. The van der Waals surface area contributed by atoms with Gasteiger partial charge < -0.3 is 9.84 Å². The molecular weight excluding hydrogens is 609 g/mol. The fraction of sp³-hybridized carbons (Fsp3) is 0.286. The number of halogens is 4. The number of alkyl halides is 2. The highest BCUT2D eigenvalue weighted by molar-refractivity contribution is 7.91. The van der Waals surface area contributed by atoms with Crippen LogP contribution in [-0.4, -0.2) is 60.0 Å². The Kier molecular flexibility index (Phi) is 7.42. The van der Waals surface area contributed by atoms with Crippen molar-refractivity contribution < 1.29 is 35.5 Å². The Morgan fingerprint density at radius 2 is 1.74 bits per heavy atom. The highest BCUT2D eigenvalue weighted by Crippen LogP contribution is 2.52. The molecule has 12 nitrogen and oxygen atoms in total. The summed E-state index contributed by atoms with van der Waals surface area (Å²) in [6.07, 6.45) is -2.99. The van der Waals surface area contributed by atoms with Crippen LogP contribution in [0, 0.1) is 0 Å². The molecule has 0 spiro atoms. The number of hydrogen-bond acceptors (Lipinski definition) is 9. The number of hydrogen-bond donors (Lipinski definition) is 3. The van der Waals surface area contributed by atoms with E-state index in [4.69, 9.17) is 27.9 Å².